The molecule has 0 spiro atoms. The summed E-state index contributed by atoms with van der Waals surface area (Å²) in [5.74, 6) is 0.165. The fraction of sp³-hybridized carbons (Fsp3) is 0.348. The summed E-state index contributed by atoms with van der Waals surface area (Å²) in [6.45, 7) is 0.678. The number of nitrogens with zero attached hydrogens (tertiary/aromatic N) is 4. The maximum atomic E-state index is 13.3. The summed E-state index contributed by atoms with van der Waals surface area (Å²) in [6.07, 6.45) is 0.434. The van der Waals surface area contributed by atoms with Crippen LogP contribution in [-0.4, -0.2) is 75.5 Å². The Balaban J connectivity index is 1.48. The van der Waals surface area contributed by atoms with Crippen LogP contribution in [0, 0.1) is 0 Å². The van der Waals surface area contributed by atoms with Gasteiger partial charge in [0.1, 0.15) is 22.1 Å². The third-order valence-corrected chi connectivity index (χ3v) is 7.71. The van der Waals surface area contributed by atoms with Crippen LogP contribution in [0.25, 0.3) is 0 Å². The fourth-order valence-electron chi connectivity index (χ4n) is 3.92. The third-order valence-electron chi connectivity index (χ3n) is 5.79. The molecule has 0 atom stereocenters. The predicted octanol–water partition coefficient (Wildman–Crippen LogP) is 1.72. The summed E-state index contributed by atoms with van der Waals surface area (Å²) in [7, 11) is -0.986. The zero-order chi connectivity index (χ0) is 24.3. The lowest BCUT2D eigenvalue weighted by Crippen LogP contribution is -2.52. The smallest absolute Gasteiger partial charge is 0.270 e. The van der Waals surface area contributed by atoms with Crippen molar-refractivity contribution in [2.45, 2.75) is 17.7 Å². The number of rotatable bonds is 6. The number of carbonyl (C=O) groups is 2. The van der Waals surface area contributed by atoms with E-state index in [1.54, 1.807) is 41.3 Å². The Kier molecular flexibility index (Phi) is 6.85. The minimum Gasteiger partial charge on any atom is -0.497 e. The zero-order valence-electron chi connectivity index (χ0n) is 19.0. The van der Waals surface area contributed by atoms with Gasteiger partial charge in [-0.3, -0.25) is 9.59 Å². The van der Waals surface area contributed by atoms with Crippen LogP contribution >= 0.6 is 0 Å². The van der Waals surface area contributed by atoms with Crippen LogP contribution in [-0.2, 0) is 19.6 Å². The van der Waals surface area contributed by atoms with Crippen LogP contribution in [0.4, 0.5) is 5.69 Å². The number of carbonyl (C=O) groups excluding carboxylic acids is 2. The Bertz CT molecular complexity index is 1210. The Hall–Kier alpha value is -3.44. The van der Waals surface area contributed by atoms with E-state index in [-0.39, 0.29) is 67.2 Å². The highest BCUT2D eigenvalue weighted by atomic mass is 32.2. The number of para-hydroxylation sites is 1. The molecule has 2 aromatic carbocycles. The van der Waals surface area contributed by atoms with E-state index in [4.69, 9.17) is 9.47 Å². The van der Waals surface area contributed by atoms with E-state index >= 15 is 0 Å². The molecule has 0 unspecified atom stereocenters. The average Bonchev–Trinajstić information content (AvgIpc) is 2.88. The van der Waals surface area contributed by atoms with Gasteiger partial charge >= 0.3 is 0 Å². The quantitative estimate of drug-likeness (QED) is 0.615. The van der Waals surface area contributed by atoms with E-state index in [0.717, 1.165) is 0 Å². The number of benzene rings is 2. The lowest BCUT2D eigenvalue weighted by atomic mass is 10.1. The summed E-state index contributed by atoms with van der Waals surface area (Å²) in [5, 5.41) is 5.57. The summed E-state index contributed by atoms with van der Waals surface area (Å²) in [4.78, 5) is 27.0. The minimum absolute atomic E-state index is 0.0165. The first-order valence-corrected chi connectivity index (χ1v) is 12.3. The van der Waals surface area contributed by atoms with E-state index in [1.807, 2.05) is 6.07 Å². The molecule has 180 valence electrons. The van der Waals surface area contributed by atoms with Crippen molar-refractivity contribution < 1.29 is 27.5 Å². The van der Waals surface area contributed by atoms with Gasteiger partial charge in [-0.05, 0) is 24.3 Å². The van der Waals surface area contributed by atoms with Gasteiger partial charge < -0.3 is 14.4 Å². The van der Waals surface area contributed by atoms with E-state index in [1.165, 1.54) is 29.6 Å². The van der Waals surface area contributed by atoms with E-state index in [2.05, 4.69) is 5.10 Å². The number of hydrogen-bond acceptors (Lipinski definition) is 7. The molecule has 0 bridgehead atoms. The molecule has 2 aliphatic rings. The third kappa shape index (κ3) is 4.62. The van der Waals surface area contributed by atoms with Crippen molar-refractivity contribution in [1.82, 2.24) is 9.21 Å². The molecule has 11 heteroatoms. The van der Waals surface area contributed by atoms with Crippen molar-refractivity contribution in [2.24, 2.45) is 5.10 Å². The van der Waals surface area contributed by atoms with Crippen molar-refractivity contribution in [2.75, 3.05) is 45.4 Å². The summed E-state index contributed by atoms with van der Waals surface area (Å²) >= 11 is 0. The molecule has 1 saturated heterocycles. The van der Waals surface area contributed by atoms with Gasteiger partial charge in [0, 0.05) is 45.1 Å². The number of sulfonamides is 1. The molecular weight excluding hydrogens is 460 g/mol. The molecule has 2 aromatic rings. The minimum atomic E-state index is -3.86. The van der Waals surface area contributed by atoms with Crippen LogP contribution in [0.5, 0.6) is 11.5 Å². The SMILES string of the molecule is COc1ccc(OC)c(S(=O)(=O)N2CCN(C(=O)C3=NN(c4ccccc4)C(=O)CC3)CC2)c1. The van der Waals surface area contributed by atoms with Gasteiger partial charge in [0.25, 0.3) is 5.91 Å². The molecule has 0 aliphatic carbocycles. The van der Waals surface area contributed by atoms with Crippen LogP contribution in [0.15, 0.2) is 58.5 Å². The molecular formula is C23H26N4O6S. The molecule has 0 radical (unpaired) electrons. The maximum absolute atomic E-state index is 13.3. The van der Waals surface area contributed by atoms with Gasteiger partial charge in [0.2, 0.25) is 15.9 Å². The lowest BCUT2D eigenvalue weighted by Gasteiger charge is -2.35. The Morgan fingerprint density at radius 1 is 0.941 bits per heavy atom. The monoisotopic (exact) mass is 486 g/mol. The van der Waals surface area contributed by atoms with Gasteiger partial charge in [-0.1, -0.05) is 18.2 Å². The molecule has 34 heavy (non-hydrogen) atoms. The zero-order valence-corrected chi connectivity index (χ0v) is 19.8. The number of piperazine rings is 1. The summed E-state index contributed by atoms with van der Waals surface area (Å²) in [6, 6.07) is 13.5. The largest absolute Gasteiger partial charge is 0.497 e. The van der Waals surface area contributed by atoms with Crippen molar-refractivity contribution in [3.63, 3.8) is 0 Å². The van der Waals surface area contributed by atoms with E-state index < -0.39 is 10.0 Å². The van der Waals surface area contributed by atoms with Crippen molar-refractivity contribution in [3.8, 4) is 11.5 Å². The van der Waals surface area contributed by atoms with Crippen LogP contribution in [0.3, 0.4) is 0 Å². The van der Waals surface area contributed by atoms with Crippen molar-refractivity contribution in [3.05, 3.63) is 48.5 Å². The molecule has 2 heterocycles. The van der Waals surface area contributed by atoms with Gasteiger partial charge in [-0.15, -0.1) is 0 Å². The first kappa shape index (κ1) is 23.7. The standard InChI is InChI=1S/C23H26N4O6S/c1-32-18-8-10-20(33-2)21(16-18)34(30,31)26-14-12-25(13-15-26)23(29)19-9-11-22(28)27(24-19)17-6-4-3-5-7-17/h3-8,10,16H,9,11-15H2,1-2H3. The second-order valence-electron chi connectivity index (χ2n) is 7.80. The summed E-state index contributed by atoms with van der Waals surface area (Å²) < 4.78 is 38.3. The first-order valence-electron chi connectivity index (χ1n) is 10.8. The Morgan fingerprint density at radius 2 is 1.65 bits per heavy atom. The number of hydrazone groups is 1. The van der Waals surface area contributed by atoms with Gasteiger partial charge in [-0.2, -0.15) is 9.41 Å². The number of anilines is 1. The molecule has 2 aliphatic heterocycles. The molecule has 1 fully saturated rings. The highest BCUT2D eigenvalue weighted by molar-refractivity contribution is 7.89. The highest BCUT2D eigenvalue weighted by Gasteiger charge is 2.35. The molecule has 4 rings (SSSR count). The lowest BCUT2D eigenvalue weighted by molar-refractivity contribution is -0.125. The topological polar surface area (TPSA) is 109 Å². The Morgan fingerprint density at radius 3 is 2.29 bits per heavy atom. The molecule has 0 aromatic heterocycles. The molecule has 0 saturated carbocycles. The molecule has 10 nitrogen and oxygen atoms in total. The van der Waals surface area contributed by atoms with E-state index in [0.29, 0.717) is 11.4 Å². The number of methoxy groups -OCH3 is 2. The van der Waals surface area contributed by atoms with Gasteiger partial charge in [0.05, 0.1) is 19.9 Å². The molecule has 2 amide bonds. The highest BCUT2D eigenvalue weighted by Crippen LogP contribution is 2.31. The number of hydrogen-bond donors (Lipinski definition) is 0. The van der Waals surface area contributed by atoms with Gasteiger partial charge in [0.15, 0.2) is 0 Å². The van der Waals surface area contributed by atoms with E-state index in [9.17, 15) is 18.0 Å². The van der Waals surface area contributed by atoms with Crippen LogP contribution in [0.2, 0.25) is 0 Å². The molecule has 0 N–H and O–H groups in total. The van der Waals surface area contributed by atoms with Crippen molar-refractivity contribution >= 4 is 33.2 Å². The fourth-order valence-corrected chi connectivity index (χ4v) is 5.51. The number of ether oxygens (including phenoxy) is 2. The summed E-state index contributed by atoms with van der Waals surface area (Å²) in [5.41, 5.74) is 0.884. The average molecular weight is 487 g/mol. The Labute approximate surface area is 198 Å². The van der Waals surface area contributed by atoms with Gasteiger partial charge in [-0.25, -0.2) is 13.4 Å². The van der Waals surface area contributed by atoms with Crippen LogP contribution < -0.4 is 14.5 Å². The number of amides is 2. The second kappa shape index (κ2) is 9.82. The maximum Gasteiger partial charge on any atom is 0.270 e. The predicted molar refractivity (Wildman–Crippen MR) is 125 cm³/mol. The van der Waals surface area contributed by atoms with Crippen molar-refractivity contribution in [1.29, 1.82) is 0 Å². The first-order chi connectivity index (χ1) is 16.3. The second-order valence-corrected chi connectivity index (χ2v) is 9.71. The van der Waals surface area contributed by atoms with Crippen LogP contribution in [0.1, 0.15) is 12.8 Å². The normalized spacial score (nSPS) is 17.4.